The molecule has 0 bridgehead atoms. The van der Waals surface area contributed by atoms with Crippen molar-refractivity contribution < 1.29 is 18.7 Å². The van der Waals surface area contributed by atoms with E-state index in [2.05, 4.69) is 4.98 Å². The van der Waals surface area contributed by atoms with Gasteiger partial charge in [0.15, 0.2) is 5.58 Å². The summed E-state index contributed by atoms with van der Waals surface area (Å²) in [4.78, 5) is 29.2. The van der Waals surface area contributed by atoms with E-state index in [0.29, 0.717) is 48.6 Å². The summed E-state index contributed by atoms with van der Waals surface area (Å²) in [7, 11) is 0. The smallest absolute Gasteiger partial charge is 0.308 e. The number of esters is 1. The minimum absolute atomic E-state index is 0.267. The molecule has 0 amide bonds. The largest absolute Gasteiger partial charge is 0.426 e. The maximum atomic E-state index is 12.2. The normalized spacial score (nSPS) is 15.1. The van der Waals surface area contributed by atoms with Crippen molar-refractivity contribution in [2.24, 2.45) is 0 Å². The van der Waals surface area contributed by atoms with Gasteiger partial charge in [0.2, 0.25) is 0 Å². The molecule has 0 saturated carbocycles. The van der Waals surface area contributed by atoms with Crippen molar-refractivity contribution >= 4 is 23.0 Å². The fourth-order valence-electron chi connectivity index (χ4n) is 2.39. The van der Waals surface area contributed by atoms with E-state index in [-0.39, 0.29) is 11.6 Å². The number of anilines is 1. The van der Waals surface area contributed by atoms with E-state index in [4.69, 9.17) is 13.9 Å². The van der Waals surface area contributed by atoms with Crippen molar-refractivity contribution in [1.29, 1.82) is 0 Å². The fourth-order valence-corrected chi connectivity index (χ4v) is 2.39. The quantitative estimate of drug-likeness (QED) is 0.610. The van der Waals surface area contributed by atoms with E-state index < -0.39 is 5.97 Å². The number of ether oxygens (including phenoxy) is 2. The van der Waals surface area contributed by atoms with Crippen LogP contribution in [-0.4, -0.2) is 37.3 Å². The molecule has 1 saturated heterocycles. The Labute approximate surface area is 126 Å². The van der Waals surface area contributed by atoms with Crippen molar-refractivity contribution in [1.82, 2.24) is 4.98 Å². The molecule has 1 aliphatic heterocycles. The Morgan fingerprint density at radius 1 is 1.32 bits per heavy atom. The highest BCUT2D eigenvalue weighted by Crippen LogP contribution is 2.27. The van der Waals surface area contributed by atoms with Gasteiger partial charge >= 0.3 is 12.0 Å². The third-order valence-electron chi connectivity index (χ3n) is 3.51. The van der Waals surface area contributed by atoms with Gasteiger partial charge in [-0.15, -0.1) is 0 Å². The number of carbonyl (C=O) groups is 1. The number of rotatable bonds is 2. The number of nitrogens with zero attached hydrogens (tertiary/aromatic N) is 2. The summed E-state index contributed by atoms with van der Waals surface area (Å²) in [6, 6.07) is 3.40. The first-order chi connectivity index (χ1) is 10.6. The van der Waals surface area contributed by atoms with Crippen LogP contribution in [0.3, 0.4) is 0 Å². The second-order valence-corrected chi connectivity index (χ2v) is 5.06. The standard InChI is InChI=1S/C15H16N2O5/c1-9-12(21-10(2)18)4-3-11-13(9)22-15(16-14(11)19)17-5-7-20-8-6-17/h3-4H,5-8H2,1-2H3. The van der Waals surface area contributed by atoms with Crippen molar-refractivity contribution in [3.05, 3.63) is 28.0 Å². The van der Waals surface area contributed by atoms with Gasteiger partial charge in [0.1, 0.15) is 5.75 Å². The minimum Gasteiger partial charge on any atom is -0.426 e. The molecular formula is C15H16N2O5. The number of aryl methyl sites for hydroxylation is 1. The molecule has 1 aromatic carbocycles. The molecule has 0 N–H and O–H groups in total. The summed E-state index contributed by atoms with van der Waals surface area (Å²) in [5, 5.41) is 0.366. The van der Waals surface area contributed by atoms with Gasteiger partial charge in [0, 0.05) is 25.6 Å². The van der Waals surface area contributed by atoms with Crippen LogP contribution in [0.5, 0.6) is 5.75 Å². The van der Waals surface area contributed by atoms with Crippen LogP contribution in [0.4, 0.5) is 6.01 Å². The fraction of sp³-hybridized carbons (Fsp3) is 0.400. The van der Waals surface area contributed by atoms with Gasteiger partial charge in [0.05, 0.1) is 18.6 Å². The van der Waals surface area contributed by atoms with Crippen molar-refractivity contribution in [2.45, 2.75) is 13.8 Å². The summed E-state index contributed by atoms with van der Waals surface area (Å²) < 4.78 is 16.2. The first kappa shape index (κ1) is 14.5. The zero-order chi connectivity index (χ0) is 15.7. The second kappa shape index (κ2) is 5.76. The molecule has 1 fully saturated rings. The third-order valence-corrected chi connectivity index (χ3v) is 3.51. The van der Waals surface area contributed by atoms with Crippen LogP contribution in [0.25, 0.3) is 11.0 Å². The van der Waals surface area contributed by atoms with Crippen LogP contribution in [-0.2, 0) is 9.53 Å². The van der Waals surface area contributed by atoms with E-state index in [9.17, 15) is 9.59 Å². The Morgan fingerprint density at radius 2 is 2.05 bits per heavy atom. The average Bonchev–Trinajstić information content (AvgIpc) is 2.51. The van der Waals surface area contributed by atoms with Crippen LogP contribution in [0.1, 0.15) is 12.5 Å². The Bertz CT molecular complexity index is 777. The van der Waals surface area contributed by atoms with Gasteiger partial charge in [-0.05, 0) is 19.1 Å². The lowest BCUT2D eigenvalue weighted by Crippen LogP contribution is -2.37. The highest BCUT2D eigenvalue weighted by Gasteiger charge is 2.19. The zero-order valence-corrected chi connectivity index (χ0v) is 12.4. The maximum Gasteiger partial charge on any atom is 0.308 e. The Hall–Kier alpha value is -2.41. The first-order valence-electron chi connectivity index (χ1n) is 7.02. The van der Waals surface area contributed by atoms with Crippen molar-refractivity contribution in [3.63, 3.8) is 0 Å². The van der Waals surface area contributed by atoms with E-state index in [0.717, 1.165) is 0 Å². The van der Waals surface area contributed by atoms with Crippen molar-refractivity contribution in [2.75, 3.05) is 31.2 Å². The molecule has 22 heavy (non-hydrogen) atoms. The topological polar surface area (TPSA) is 81.9 Å². The number of morpholine rings is 1. The molecule has 2 heterocycles. The molecule has 0 unspecified atom stereocenters. The Kier molecular flexibility index (Phi) is 3.81. The van der Waals surface area contributed by atoms with Gasteiger partial charge in [-0.3, -0.25) is 9.59 Å². The van der Waals surface area contributed by atoms with Crippen LogP contribution >= 0.6 is 0 Å². The Balaban J connectivity index is 2.11. The number of benzene rings is 1. The lowest BCUT2D eigenvalue weighted by atomic mass is 10.1. The molecule has 0 radical (unpaired) electrons. The minimum atomic E-state index is -0.424. The molecule has 3 rings (SSSR count). The molecule has 7 nitrogen and oxygen atoms in total. The second-order valence-electron chi connectivity index (χ2n) is 5.06. The van der Waals surface area contributed by atoms with E-state index in [1.165, 1.54) is 6.92 Å². The molecular weight excluding hydrogens is 288 g/mol. The predicted octanol–water partition coefficient (Wildman–Crippen LogP) is 1.26. The number of fused-ring (bicyclic) bond motifs is 1. The summed E-state index contributed by atoms with van der Waals surface area (Å²) in [5.74, 6) is -0.0467. The number of hydrogen-bond donors (Lipinski definition) is 0. The highest BCUT2D eigenvalue weighted by atomic mass is 16.5. The SMILES string of the molecule is CC(=O)Oc1ccc2c(=O)nc(N3CCOCC3)oc2c1C. The number of aromatic nitrogens is 1. The predicted molar refractivity (Wildman–Crippen MR) is 79.4 cm³/mol. The Morgan fingerprint density at radius 3 is 2.73 bits per heavy atom. The van der Waals surface area contributed by atoms with E-state index in [1.54, 1.807) is 19.1 Å². The van der Waals surface area contributed by atoms with Gasteiger partial charge < -0.3 is 18.8 Å². The molecule has 2 aromatic rings. The third kappa shape index (κ3) is 2.67. The zero-order valence-electron chi connectivity index (χ0n) is 12.4. The molecule has 1 aromatic heterocycles. The van der Waals surface area contributed by atoms with Crippen LogP contribution in [0.2, 0.25) is 0 Å². The van der Waals surface area contributed by atoms with Gasteiger partial charge in [-0.1, -0.05) is 0 Å². The maximum absolute atomic E-state index is 12.2. The summed E-state index contributed by atoms with van der Waals surface area (Å²) in [6.07, 6.45) is 0. The van der Waals surface area contributed by atoms with Crippen LogP contribution < -0.4 is 15.2 Å². The van der Waals surface area contributed by atoms with E-state index in [1.807, 2.05) is 4.90 Å². The molecule has 7 heteroatoms. The lowest BCUT2D eigenvalue weighted by molar-refractivity contribution is -0.131. The van der Waals surface area contributed by atoms with Crippen molar-refractivity contribution in [3.8, 4) is 5.75 Å². The molecule has 0 spiro atoms. The van der Waals surface area contributed by atoms with Gasteiger partial charge in [-0.2, -0.15) is 4.98 Å². The number of hydrogen-bond acceptors (Lipinski definition) is 7. The van der Waals surface area contributed by atoms with Gasteiger partial charge in [-0.25, -0.2) is 0 Å². The highest BCUT2D eigenvalue weighted by molar-refractivity contribution is 5.83. The molecule has 0 aliphatic carbocycles. The van der Waals surface area contributed by atoms with Crippen LogP contribution in [0.15, 0.2) is 21.3 Å². The average molecular weight is 304 g/mol. The summed E-state index contributed by atoms with van der Waals surface area (Å²) >= 11 is 0. The summed E-state index contributed by atoms with van der Waals surface area (Å²) in [6.45, 7) is 5.43. The molecule has 116 valence electrons. The monoisotopic (exact) mass is 304 g/mol. The van der Waals surface area contributed by atoms with Crippen LogP contribution in [0, 0.1) is 6.92 Å². The lowest BCUT2D eigenvalue weighted by Gasteiger charge is -2.26. The molecule has 0 atom stereocenters. The number of carbonyl (C=O) groups excluding carboxylic acids is 1. The first-order valence-corrected chi connectivity index (χ1v) is 7.02. The molecule has 1 aliphatic rings. The van der Waals surface area contributed by atoms with E-state index >= 15 is 0 Å². The summed E-state index contributed by atoms with van der Waals surface area (Å²) in [5.41, 5.74) is 0.627. The van der Waals surface area contributed by atoms with Gasteiger partial charge in [0.25, 0.3) is 5.56 Å².